The Balaban J connectivity index is 1.18. The molecule has 0 aliphatic carbocycles. The summed E-state index contributed by atoms with van der Waals surface area (Å²) in [5, 5.41) is 3.83. The molecule has 10 nitrogen and oxygen atoms in total. The zero-order chi connectivity index (χ0) is 19.6. The molecule has 2 aliphatic heterocycles. The SMILES string of the molecule is O=C(c1nc(-c2cnccn2)no1)N1CCN(Cc2ccc3c(c2)OCO3)CC1. The van der Waals surface area contributed by atoms with Crippen LogP contribution in [-0.2, 0) is 6.54 Å². The first-order valence-corrected chi connectivity index (χ1v) is 9.26. The molecule has 5 rings (SSSR count). The molecule has 1 amide bonds. The monoisotopic (exact) mass is 394 g/mol. The van der Waals surface area contributed by atoms with Crippen molar-refractivity contribution in [1.82, 2.24) is 29.9 Å². The predicted octanol–water partition coefficient (Wildman–Crippen LogP) is 1.21. The molecule has 1 aromatic carbocycles. The Morgan fingerprint density at radius 2 is 1.93 bits per heavy atom. The van der Waals surface area contributed by atoms with Gasteiger partial charge in [-0.3, -0.25) is 14.7 Å². The summed E-state index contributed by atoms with van der Waals surface area (Å²) in [4.78, 5) is 28.9. The molecule has 29 heavy (non-hydrogen) atoms. The average Bonchev–Trinajstić information content (AvgIpc) is 3.44. The first kappa shape index (κ1) is 17.6. The van der Waals surface area contributed by atoms with Crippen LogP contribution < -0.4 is 9.47 Å². The zero-order valence-corrected chi connectivity index (χ0v) is 15.5. The molecule has 0 radical (unpaired) electrons. The summed E-state index contributed by atoms with van der Waals surface area (Å²) >= 11 is 0. The third kappa shape index (κ3) is 3.61. The molecule has 0 spiro atoms. The summed E-state index contributed by atoms with van der Waals surface area (Å²) in [6.45, 7) is 3.75. The highest BCUT2D eigenvalue weighted by Crippen LogP contribution is 2.32. The number of ether oxygens (including phenoxy) is 2. The molecule has 148 valence electrons. The molecular formula is C19H18N6O4. The minimum absolute atomic E-state index is 0.0325. The maximum absolute atomic E-state index is 12.7. The molecule has 0 N–H and O–H groups in total. The van der Waals surface area contributed by atoms with Crippen molar-refractivity contribution in [1.29, 1.82) is 0 Å². The van der Waals surface area contributed by atoms with Gasteiger partial charge in [0.1, 0.15) is 5.69 Å². The molecule has 2 aliphatic rings. The summed E-state index contributed by atoms with van der Waals surface area (Å²) in [5.41, 5.74) is 1.61. The van der Waals surface area contributed by atoms with E-state index in [0.29, 0.717) is 18.8 Å². The molecule has 0 unspecified atom stereocenters. The number of hydrogen-bond acceptors (Lipinski definition) is 9. The van der Waals surface area contributed by atoms with Gasteiger partial charge < -0.3 is 18.9 Å². The number of carbonyl (C=O) groups excluding carboxylic acids is 1. The minimum atomic E-state index is -0.268. The molecule has 10 heteroatoms. The number of carbonyl (C=O) groups is 1. The fourth-order valence-electron chi connectivity index (χ4n) is 3.37. The Labute approximate surface area is 166 Å². The summed E-state index contributed by atoms with van der Waals surface area (Å²) in [6, 6.07) is 5.98. The van der Waals surface area contributed by atoms with E-state index in [-0.39, 0.29) is 24.4 Å². The molecule has 1 saturated heterocycles. The van der Waals surface area contributed by atoms with Crippen molar-refractivity contribution in [2.24, 2.45) is 0 Å². The lowest BCUT2D eigenvalue weighted by Crippen LogP contribution is -2.48. The van der Waals surface area contributed by atoms with E-state index in [4.69, 9.17) is 14.0 Å². The van der Waals surface area contributed by atoms with Crippen LogP contribution in [0.4, 0.5) is 0 Å². The Morgan fingerprint density at radius 3 is 2.76 bits per heavy atom. The fourth-order valence-corrected chi connectivity index (χ4v) is 3.37. The predicted molar refractivity (Wildman–Crippen MR) is 99.1 cm³/mol. The number of fused-ring (bicyclic) bond motifs is 1. The Morgan fingerprint density at radius 1 is 1.07 bits per heavy atom. The lowest BCUT2D eigenvalue weighted by Gasteiger charge is -2.34. The van der Waals surface area contributed by atoms with Gasteiger partial charge in [-0.15, -0.1) is 0 Å². The van der Waals surface area contributed by atoms with Crippen LogP contribution in [-0.4, -0.2) is 68.8 Å². The maximum Gasteiger partial charge on any atom is 0.316 e. The van der Waals surface area contributed by atoms with Gasteiger partial charge in [-0.05, 0) is 17.7 Å². The van der Waals surface area contributed by atoms with Crippen molar-refractivity contribution >= 4 is 5.91 Å². The number of rotatable bonds is 4. The van der Waals surface area contributed by atoms with Gasteiger partial charge in [-0.2, -0.15) is 4.98 Å². The van der Waals surface area contributed by atoms with Gasteiger partial charge in [0.2, 0.25) is 12.6 Å². The number of hydrogen-bond donors (Lipinski definition) is 0. The second-order valence-corrected chi connectivity index (χ2v) is 6.77. The van der Waals surface area contributed by atoms with Gasteiger partial charge in [-0.1, -0.05) is 11.2 Å². The van der Waals surface area contributed by atoms with E-state index in [0.717, 1.165) is 36.7 Å². The lowest BCUT2D eigenvalue weighted by atomic mass is 10.1. The highest BCUT2D eigenvalue weighted by Gasteiger charge is 2.27. The number of piperazine rings is 1. The van der Waals surface area contributed by atoms with Crippen LogP contribution >= 0.6 is 0 Å². The summed E-state index contributed by atoms with van der Waals surface area (Å²) in [7, 11) is 0. The molecule has 0 atom stereocenters. The van der Waals surface area contributed by atoms with E-state index in [1.165, 1.54) is 12.4 Å². The largest absolute Gasteiger partial charge is 0.454 e. The molecule has 2 aromatic heterocycles. The quantitative estimate of drug-likeness (QED) is 0.645. The normalized spacial score (nSPS) is 16.2. The first-order chi connectivity index (χ1) is 14.3. The van der Waals surface area contributed by atoms with Crippen LogP contribution in [0.25, 0.3) is 11.5 Å². The number of benzene rings is 1. The van der Waals surface area contributed by atoms with Gasteiger partial charge >= 0.3 is 11.8 Å². The smallest absolute Gasteiger partial charge is 0.316 e. The summed E-state index contributed by atoms with van der Waals surface area (Å²) in [6.07, 6.45) is 4.61. The zero-order valence-electron chi connectivity index (χ0n) is 15.5. The van der Waals surface area contributed by atoms with Crippen molar-refractivity contribution in [3.05, 3.63) is 48.2 Å². The van der Waals surface area contributed by atoms with E-state index in [9.17, 15) is 4.79 Å². The van der Waals surface area contributed by atoms with Crippen molar-refractivity contribution in [3.8, 4) is 23.0 Å². The number of nitrogens with zero attached hydrogens (tertiary/aromatic N) is 6. The second kappa shape index (κ2) is 7.47. The average molecular weight is 394 g/mol. The van der Waals surface area contributed by atoms with Crippen molar-refractivity contribution in [2.75, 3.05) is 33.0 Å². The minimum Gasteiger partial charge on any atom is -0.454 e. The Hall–Kier alpha value is -3.53. The van der Waals surface area contributed by atoms with Crippen LogP contribution in [0.3, 0.4) is 0 Å². The van der Waals surface area contributed by atoms with Gasteiger partial charge in [0, 0.05) is 45.1 Å². The van der Waals surface area contributed by atoms with E-state index in [1.807, 2.05) is 18.2 Å². The Bertz CT molecular complexity index is 1020. The third-order valence-corrected chi connectivity index (χ3v) is 4.90. The maximum atomic E-state index is 12.7. The summed E-state index contributed by atoms with van der Waals surface area (Å²) in [5.74, 6) is 1.52. The van der Waals surface area contributed by atoms with E-state index >= 15 is 0 Å². The first-order valence-electron chi connectivity index (χ1n) is 9.26. The van der Waals surface area contributed by atoms with Crippen molar-refractivity contribution < 1.29 is 18.8 Å². The molecule has 1 fully saturated rings. The Kier molecular flexibility index (Phi) is 4.53. The fraction of sp³-hybridized carbons (Fsp3) is 0.316. The van der Waals surface area contributed by atoms with Gasteiger partial charge in [0.05, 0.1) is 6.20 Å². The summed E-state index contributed by atoms with van der Waals surface area (Å²) < 4.78 is 15.9. The topological polar surface area (TPSA) is 107 Å². The van der Waals surface area contributed by atoms with E-state index in [1.54, 1.807) is 11.1 Å². The van der Waals surface area contributed by atoms with Gasteiger partial charge in [0.25, 0.3) is 0 Å². The molecule has 3 aromatic rings. The van der Waals surface area contributed by atoms with E-state index < -0.39 is 0 Å². The van der Waals surface area contributed by atoms with Crippen LogP contribution in [0.5, 0.6) is 11.5 Å². The standard InChI is InChI=1S/C19H18N6O4/c26-19(18-22-17(23-29-18)14-10-20-3-4-21-14)25-7-5-24(6-8-25)11-13-1-2-15-16(9-13)28-12-27-15/h1-4,9-10H,5-8,11-12H2. The van der Waals surface area contributed by atoms with Gasteiger partial charge in [0.15, 0.2) is 11.5 Å². The van der Waals surface area contributed by atoms with Crippen molar-refractivity contribution in [3.63, 3.8) is 0 Å². The highest BCUT2D eigenvalue weighted by molar-refractivity contribution is 5.90. The number of aromatic nitrogens is 4. The molecule has 0 saturated carbocycles. The van der Waals surface area contributed by atoms with Crippen LogP contribution in [0.15, 0.2) is 41.3 Å². The van der Waals surface area contributed by atoms with Crippen LogP contribution in [0.1, 0.15) is 16.2 Å². The highest BCUT2D eigenvalue weighted by atomic mass is 16.7. The molecular weight excluding hydrogens is 376 g/mol. The van der Waals surface area contributed by atoms with E-state index in [2.05, 4.69) is 25.0 Å². The third-order valence-electron chi connectivity index (χ3n) is 4.90. The molecule has 0 bridgehead atoms. The second-order valence-electron chi connectivity index (χ2n) is 6.77. The van der Waals surface area contributed by atoms with Crippen molar-refractivity contribution in [2.45, 2.75) is 6.54 Å². The van der Waals surface area contributed by atoms with Crippen LogP contribution in [0, 0.1) is 0 Å². The van der Waals surface area contributed by atoms with Crippen LogP contribution in [0.2, 0.25) is 0 Å². The molecule has 4 heterocycles. The number of amides is 1. The lowest BCUT2D eigenvalue weighted by molar-refractivity contribution is 0.0581. The van der Waals surface area contributed by atoms with Gasteiger partial charge in [-0.25, -0.2) is 4.98 Å².